The molecule has 0 radical (unpaired) electrons. The van der Waals surface area contributed by atoms with Crippen molar-refractivity contribution < 1.29 is 24.2 Å². The molecule has 9 nitrogen and oxygen atoms in total. The third kappa shape index (κ3) is 3.82. The van der Waals surface area contributed by atoms with E-state index in [0.29, 0.717) is 23.1 Å². The van der Waals surface area contributed by atoms with Gasteiger partial charge in [0.1, 0.15) is 0 Å². The molecule has 0 saturated carbocycles. The SMILES string of the molecule is COc1cc2[nH]nc(C(=O)N[C@@H]3CN4CCC3CC4)c2cc1OC.O=CO. The molecule has 146 valence electrons. The maximum atomic E-state index is 12.7. The Morgan fingerprint density at radius 1 is 1.30 bits per heavy atom. The second-order valence-electron chi connectivity index (χ2n) is 6.65. The molecule has 0 aliphatic carbocycles. The average molecular weight is 376 g/mol. The molecule has 4 heterocycles. The lowest BCUT2D eigenvalue weighted by atomic mass is 9.84. The van der Waals surface area contributed by atoms with Crippen LogP contribution in [0.1, 0.15) is 23.3 Å². The first-order valence-corrected chi connectivity index (χ1v) is 8.82. The van der Waals surface area contributed by atoms with Crippen molar-refractivity contribution in [3.05, 3.63) is 17.8 Å². The molecule has 3 aliphatic heterocycles. The fourth-order valence-electron chi connectivity index (χ4n) is 3.88. The minimum Gasteiger partial charge on any atom is -0.493 e. The minimum absolute atomic E-state index is 0.132. The van der Waals surface area contributed by atoms with Gasteiger partial charge in [-0.25, -0.2) is 0 Å². The lowest BCUT2D eigenvalue weighted by molar-refractivity contribution is -0.122. The lowest BCUT2D eigenvalue weighted by Gasteiger charge is -2.44. The summed E-state index contributed by atoms with van der Waals surface area (Å²) in [7, 11) is 3.16. The van der Waals surface area contributed by atoms with Crippen molar-refractivity contribution in [2.24, 2.45) is 5.92 Å². The largest absolute Gasteiger partial charge is 0.493 e. The number of carboxylic acid groups (broad SMARTS) is 1. The molecule has 9 heteroatoms. The molecule has 5 rings (SSSR count). The number of aromatic amines is 1. The minimum atomic E-state index is -0.250. The van der Waals surface area contributed by atoms with E-state index in [-0.39, 0.29) is 18.4 Å². The van der Waals surface area contributed by atoms with Crippen LogP contribution < -0.4 is 14.8 Å². The van der Waals surface area contributed by atoms with Gasteiger partial charge >= 0.3 is 0 Å². The van der Waals surface area contributed by atoms with Gasteiger partial charge in [-0.15, -0.1) is 0 Å². The third-order valence-corrected chi connectivity index (χ3v) is 5.25. The zero-order chi connectivity index (χ0) is 19.4. The van der Waals surface area contributed by atoms with Gasteiger partial charge in [0.15, 0.2) is 17.2 Å². The van der Waals surface area contributed by atoms with Gasteiger partial charge in [0.2, 0.25) is 0 Å². The summed E-state index contributed by atoms with van der Waals surface area (Å²) in [6.07, 6.45) is 2.33. The monoisotopic (exact) mass is 376 g/mol. The molecule has 3 N–H and O–H groups in total. The van der Waals surface area contributed by atoms with Crippen molar-refractivity contribution in [1.82, 2.24) is 20.4 Å². The number of aromatic nitrogens is 2. The summed E-state index contributed by atoms with van der Waals surface area (Å²) in [5.74, 6) is 1.65. The van der Waals surface area contributed by atoms with Gasteiger partial charge in [-0.1, -0.05) is 0 Å². The molecule has 27 heavy (non-hydrogen) atoms. The molecule has 3 aliphatic rings. The van der Waals surface area contributed by atoms with Crippen LogP contribution in [0.25, 0.3) is 10.9 Å². The molecule has 1 aromatic carbocycles. The van der Waals surface area contributed by atoms with Crippen molar-refractivity contribution in [2.75, 3.05) is 33.9 Å². The average Bonchev–Trinajstić information content (AvgIpc) is 3.11. The molecule has 0 spiro atoms. The van der Waals surface area contributed by atoms with E-state index >= 15 is 0 Å². The summed E-state index contributed by atoms with van der Waals surface area (Å²) in [6.45, 7) is 2.99. The maximum Gasteiger partial charge on any atom is 0.290 e. The number of methoxy groups -OCH3 is 2. The predicted octanol–water partition coefficient (Wildman–Crippen LogP) is 1.10. The number of ether oxygens (including phenoxy) is 2. The Hall–Kier alpha value is -2.81. The van der Waals surface area contributed by atoms with Crippen LogP contribution in [-0.4, -0.2) is 72.5 Å². The zero-order valence-electron chi connectivity index (χ0n) is 15.4. The molecule has 1 atom stereocenters. The number of rotatable bonds is 4. The molecule has 0 unspecified atom stereocenters. The number of benzene rings is 1. The molecule has 2 aromatic rings. The van der Waals surface area contributed by atoms with Crippen LogP contribution in [0.4, 0.5) is 0 Å². The fourth-order valence-corrected chi connectivity index (χ4v) is 3.88. The van der Waals surface area contributed by atoms with Gasteiger partial charge < -0.3 is 24.8 Å². The van der Waals surface area contributed by atoms with Crippen molar-refractivity contribution >= 4 is 23.3 Å². The maximum absolute atomic E-state index is 12.7. The number of fused-ring (bicyclic) bond motifs is 4. The second kappa shape index (κ2) is 8.26. The van der Waals surface area contributed by atoms with Crippen LogP contribution in [0.3, 0.4) is 0 Å². The highest BCUT2D eigenvalue weighted by atomic mass is 16.5. The number of hydrogen-bond donors (Lipinski definition) is 3. The molecular weight excluding hydrogens is 352 g/mol. The van der Waals surface area contributed by atoms with Gasteiger partial charge in [0.25, 0.3) is 12.4 Å². The Bertz CT molecular complexity index is 813. The van der Waals surface area contributed by atoms with E-state index in [0.717, 1.165) is 43.4 Å². The number of piperidine rings is 3. The van der Waals surface area contributed by atoms with Gasteiger partial charge in [0.05, 0.1) is 19.7 Å². The van der Waals surface area contributed by atoms with Gasteiger partial charge in [-0.3, -0.25) is 14.7 Å². The molecule has 3 fully saturated rings. The van der Waals surface area contributed by atoms with E-state index in [9.17, 15) is 4.79 Å². The first-order valence-electron chi connectivity index (χ1n) is 8.82. The van der Waals surface area contributed by atoms with Gasteiger partial charge in [0, 0.05) is 24.0 Å². The van der Waals surface area contributed by atoms with Crippen LogP contribution in [0.5, 0.6) is 11.5 Å². The van der Waals surface area contributed by atoms with Crippen LogP contribution >= 0.6 is 0 Å². The van der Waals surface area contributed by atoms with E-state index < -0.39 is 0 Å². The highest BCUT2D eigenvalue weighted by molar-refractivity contribution is 6.05. The highest BCUT2D eigenvalue weighted by Crippen LogP contribution is 2.33. The number of carbonyl (C=O) groups excluding carboxylic acids is 1. The highest BCUT2D eigenvalue weighted by Gasteiger charge is 2.35. The Kier molecular flexibility index (Phi) is 5.80. The first kappa shape index (κ1) is 19.0. The summed E-state index contributed by atoms with van der Waals surface area (Å²) in [4.78, 5) is 23.5. The van der Waals surface area contributed by atoms with Crippen molar-refractivity contribution in [3.63, 3.8) is 0 Å². The molecule has 3 saturated heterocycles. The van der Waals surface area contributed by atoms with Crippen LogP contribution in [-0.2, 0) is 4.79 Å². The fraction of sp³-hybridized carbons (Fsp3) is 0.500. The van der Waals surface area contributed by atoms with Crippen molar-refractivity contribution in [3.8, 4) is 11.5 Å². The number of nitrogens with zero attached hydrogens (tertiary/aromatic N) is 2. The Labute approximate surface area is 156 Å². The van der Waals surface area contributed by atoms with E-state index in [2.05, 4.69) is 20.4 Å². The van der Waals surface area contributed by atoms with E-state index in [1.165, 1.54) is 0 Å². The summed E-state index contributed by atoms with van der Waals surface area (Å²) in [5, 5.41) is 17.9. The van der Waals surface area contributed by atoms with E-state index in [1.54, 1.807) is 26.4 Å². The van der Waals surface area contributed by atoms with Crippen molar-refractivity contribution in [1.29, 1.82) is 0 Å². The molecule has 1 amide bonds. The number of nitrogens with one attached hydrogen (secondary N) is 2. The van der Waals surface area contributed by atoms with Crippen LogP contribution in [0, 0.1) is 5.92 Å². The second-order valence-corrected chi connectivity index (χ2v) is 6.65. The Morgan fingerprint density at radius 3 is 2.48 bits per heavy atom. The predicted molar refractivity (Wildman–Crippen MR) is 98.3 cm³/mol. The number of amides is 1. The van der Waals surface area contributed by atoms with Crippen molar-refractivity contribution in [2.45, 2.75) is 18.9 Å². The summed E-state index contributed by atoms with van der Waals surface area (Å²) in [6, 6.07) is 3.81. The zero-order valence-corrected chi connectivity index (χ0v) is 15.4. The Balaban J connectivity index is 0.000000659. The van der Waals surface area contributed by atoms with Gasteiger partial charge in [-0.05, 0) is 37.9 Å². The summed E-state index contributed by atoms with van der Waals surface area (Å²) in [5.41, 5.74) is 1.16. The molecule has 1 aromatic heterocycles. The number of hydrogen-bond acceptors (Lipinski definition) is 6. The van der Waals surface area contributed by atoms with E-state index in [1.807, 2.05) is 0 Å². The van der Waals surface area contributed by atoms with E-state index in [4.69, 9.17) is 19.4 Å². The lowest BCUT2D eigenvalue weighted by Crippen LogP contribution is -2.57. The third-order valence-electron chi connectivity index (χ3n) is 5.25. The molecular formula is C18H24N4O5. The number of carbonyl (C=O) groups is 2. The number of H-pyrrole nitrogens is 1. The quantitative estimate of drug-likeness (QED) is 0.684. The summed E-state index contributed by atoms with van der Waals surface area (Å²) < 4.78 is 10.6. The van der Waals surface area contributed by atoms with Crippen LogP contribution in [0.15, 0.2) is 12.1 Å². The van der Waals surface area contributed by atoms with Crippen LogP contribution in [0.2, 0.25) is 0 Å². The van der Waals surface area contributed by atoms with Gasteiger partial charge in [-0.2, -0.15) is 5.10 Å². The Morgan fingerprint density at radius 2 is 1.93 bits per heavy atom. The smallest absolute Gasteiger partial charge is 0.290 e. The first-order chi connectivity index (χ1) is 13.1. The topological polar surface area (TPSA) is 117 Å². The normalized spacial score (nSPS) is 23.3. The standard InChI is InChI=1S/C17H22N4O3.CH2O2/c1-23-14-7-11-12(8-15(14)24-2)19-20-16(11)17(22)18-13-9-21-5-3-10(13)4-6-21;2-1-3/h7-8,10,13H,3-6,9H2,1-2H3,(H,18,22)(H,19,20);1H,(H,2,3)/t13-;/m1./s1. The summed E-state index contributed by atoms with van der Waals surface area (Å²) >= 11 is 0. The molecule has 2 bridgehead atoms.